The summed E-state index contributed by atoms with van der Waals surface area (Å²) in [4.78, 5) is 16.1. The van der Waals surface area contributed by atoms with E-state index in [-0.39, 0.29) is 11.9 Å². The lowest BCUT2D eigenvalue weighted by Gasteiger charge is -2.09. The molecule has 1 fully saturated rings. The van der Waals surface area contributed by atoms with Crippen molar-refractivity contribution in [3.05, 3.63) is 53.6 Å². The molecule has 1 aliphatic carbocycles. The van der Waals surface area contributed by atoms with E-state index in [2.05, 4.69) is 11.1 Å². The largest absolute Gasteiger partial charge is 0.493 e. The van der Waals surface area contributed by atoms with Crippen LogP contribution in [-0.4, -0.2) is 19.3 Å². The number of nitriles is 1. The summed E-state index contributed by atoms with van der Waals surface area (Å²) in [6, 6.07) is 14.3. The highest BCUT2D eigenvalue weighted by molar-refractivity contribution is 5.84. The van der Waals surface area contributed by atoms with Crippen LogP contribution in [0.4, 0.5) is 5.69 Å². The first-order valence-corrected chi connectivity index (χ1v) is 7.63. The van der Waals surface area contributed by atoms with E-state index in [1.807, 2.05) is 6.07 Å². The fourth-order valence-corrected chi connectivity index (χ4v) is 2.13. The van der Waals surface area contributed by atoms with Gasteiger partial charge in [0.15, 0.2) is 11.5 Å². The fourth-order valence-electron chi connectivity index (χ4n) is 2.13. The SMILES string of the molecule is COc1cc(C=Nc2ccc(C#N)cc2)ccc1OC(=O)C1CC1. The van der Waals surface area contributed by atoms with Crippen molar-refractivity contribution in [3.8, 4) is 17.6 Å². The molecule has 0 unspecified atom stereocenters. The molecule has 3 rings (SSSR count). The fraction of sp³-hybridized carbons (Fsp3) is 0.211. The van der Waals surface area contributed by atoms with Gasteiger partial charge in [-0.1, -0.05) is 0 Å². The molecule has 0 bridgehead atoms. The lowest BCUT2D eigenvalue weighted by Crippen LogP contribution is -2.10. The second-order valence-electron chi connectivity index (χ2n) is 5.52. The number of hydrogen-bond donors (Lipinski definition) is 0. The van der Waals surface area contributed by atoms with Crippen molar-refractivity contribution in [1.29, 1.82) is 5.26 Å². The quantitative estimate of drug-likeness (QED) is 0.479. The first-order chi connectivity index (χ1) is 11.7. The maximum atomic E-state index is 11.8. The highest BCUT2D eigenvalue weighted by atomic mass is 16.6. The summed E-state index contributed by atoms with van der Waals surface area (Å²) in [6.45, 7) is 0. The minimum Gasteiger partial charge on any atom is -0.493 e. The summed E-state index contributed by atoms with van der Waals surface area (Å²) in [5.74, 6) is 0.748. The Hall–Kier alpha value is -3.13. The van der Waals surface area contributed by atoms with Gasteiger partial charge in [0.05, 0.1) is 30.3 Å². The van der Waals surface area contributed by atoms with E-state index in [0.29, 0.717) is 17.1 Å². The van der Waals surface area contributed by atoms with Gasteiger partial charge in [-0.2, -0.15) is 5.26 Å². The molecule has 0 atom stereocenters. The lowest BCUT2D eigenvalue weighted by atomic mass is 10.2. The highest BCUT2D eigenvalue weighted by Gasteiger charge is 2.32. The normalized spacial score (nSPS) is 13.5. The third kappa shape index (κ3) is 3.79. The zero-order chi connectivity index (χ0) is 16.9. The van der Waals surface area contributed by atoms with Gasteiger partial charge in [-0.25, -0.2) is 0 Å². The molecule has 0 heterocycles. The van der Waals surface area contributed by atoms with E-state index in [9.17, 15) is 4.79 Å². The van der Waals surface area contributed by atoms with Crippen LogP contribution in [0.25, 0.3) is 0 Å². The van der Waals surface area contributed by atoms with Crippen LogP contribution in [0.15, 0.2) is 47.5 Å². The molecule has 120 valence electrons. The second-order valence-corrected chi connectivity index (χ2v) is 5.52. The molecule has 0 spiro atoms. The van der Waals surface area contributed by atoms with Crippen LogP contribution in [0, 0.1) is 17.2 Å². The van der Waals surface area contributed by atoms with Crippen LogP contribution < -0.4 is 9.47 Å². The van der Waals surface area contributed by atoms with E-state index < -0.39 is 0 Å². The maximum Gasteiger partial charge on any atom is 0.314 e. The molecule has 2 aromatic rings. The summed E-state index contributed by atoms with van der Waals surface area (Å²) >= 11 is 0. The van der Waals surface area contributed by atoms with Gasteiger partial charge in [-0.05, 0) is 60.9 Å². The molecule has 0 saturated heterocycles. The second kappa shape index (κ2) is 6.97. The topological polar surface area (TPSA) is 71.7 Å². The molecule has 0 N–H and O–H groups in total. The van der Waals surface area contributed by atoms with Gasteiger partial charge in [-0.15, -0.1) is 0 Å². The minimum absolute atomic E-state index is 0.0346. The zero-order valence-corrected chi connectivity index (χ0v) is 13.2. The van der Waals surface area contributed by atoms with Crippen molar-refractivity contribution in [3.63, 3.8) is 0 Å². The molecule has 0 radical (unpaired) electrons. The Balaban J connectivity index is 1.74. The maximum absolute atomic E-state index is 11.8. The number of methoxy groups -OCH3 is 1. The standard InChI is InChI=1S/C19H16N2O3/c1-23-18-10-14(4-9-17(18)24-19(22)15-5-6-15)12-21-16-7-2-13(11-20)3-8-16/h2-4,7-10,12,15H,5-6H2,1H3. The van der Waals surface area contributed by atoms with Crippen molar-refractivity contribution in [2.75, 3.05) is 7.11 Å². The van der Waals surface area contributed by atoms with Crippen LogP contribution in [0.2, 0.25) is 0 Å². The first-order valence-electron chi connectivity index (χ1n) is 7.63. The smallest absolute Gasteiger partial charge is 0.314 e. The predicted molar refractivity (Wildman–Crippen MR) is 89.8 cm³/mol. The summed E-state index contributed by atoms with van der Waals surface area (Å²) in [7, 11) is 1.53. The third-order valence-corrected chi connectivity index (χ3v) is 3.67. The number of nitrogens with zero attached hydrogens (tertiary/aromatic N) is 2. The molecule has 0 aromatic heterocycles. The van der Waals surface area contributed by atoms with Crippen LogP contribution in [-0.2, 0) is 4.79 Å². The summed E-state index contributed by atoms with van der Waals surface area (Å²) in [5, 5.41) is 8.78. The molecule has 0 aliphatic heterocycles. The average Bonchev–Trinajstić information content (AvgIpc) is 3.46. The number of aliphatic imine (C=N–C) groups is 1. The molecular weight excluding hydrogens is 304 g/mol. The number of esters is 1. The Morgan fingerprint density at radius 2 is 1.96 bits per heavy atom. The van der Waals surface area contributed by atoms with E-state index in [4.69, 9.17) is 14.7 Å². The van der Waals surface area contributed by atoms with Crippen molar-refractivity contribution in [2.45, 2.75) is 12.8 Å². The Morgan fingerprint density at radius 1 is 1.21 bits per heavy atom. The van der Waals surface area contributed by atoms with Gasteiger partial charge < -0.3 is 9.47 Å². The Bertz CT molecular complexity index is 815. The van der Waals surface area contributed by atoms with Crippen molar-refractivity contribution >= 4 is 17.9 Å². The van der Waals surface area contributed by atoms with Gasteiger partial charge in [0.2, 0.25) is 0 Å². The van der Waals surface area contributed by atoms with E-state index in [1.54, 1.807) is 42.6 Å². The highest BCUT2D eigenvalue weighted by Crippen LogP contribution is 2.34. The molecule has 0 amide bonds. The van der Waals surface area contributed by atoms with Crippen molar-refractivity contribution < 1.29 is 14.3 Å². The monoisotopic (exact) mass is 320 g/mol. The first kappa shape index (κ1) is 15.8. The minimum atomic E-state index is -0.202. The van der Waals surface area contributed by atoms with Gasteiger partial charge >= 0.3 is 5.97 Å². The molecular formula is C19H16N2O3. The Labute approximate surface area is 140 Å². The molecule has 5 heteroatoms. The number of benzene rings is 2. The van der Waals surface area contributed by atoms with E-state index >= 15 is 0 Å². The Morgan fingerprint density at radius 3 is 2.58 bits per heavy atom. The van der Waals surface area contributed by atoms with Crippen LogP contribution >= 0.6 is 0 Å². The molecule has 24 heavy (non-hydrogen) atoms. The summed E-state index contributed by atoms with van der Waals surface area (Å²) in [5.41, 5.74) is 2.16. The number of ether oxygens (including phenoxy) is 2. The van der Waals surface area contributed by atoms with Gasteiger partial charge in [0.25, 0.3) is 0 Å². The number of carbonyl (C=O) groups is 1. The number of hydrogen-bond acceptors (Lipinski definition) is 5. The zero-order valence-electron chi connectivity index (χ0n) is 13.2. The van der Waals surface area contributed by atoms with Crippen molar-refractivity contribution in [2.24, 2.45) is 10.9 Å². The molecule has 2 aromatic carbocycles. The van der Waals surface area contributed by atoms with Gasteiger partial charge in [0.1, 0.15) is 0 Å². The number of carbonyl (C=O) groups excluding carboxylic acids is 1. The summed E-state index contributed by atoms with van der Waals surface area (Å²) in [6.07, 6.45) is 3.49. The van der Waals surface area contributed by atoms with Gasteiger partial charge in [0, 0.05) is 6.21 Å². The van der Waals surface area contributed by atoms with Crippen molar-refractivity contribution in [1.82, 2.24) is 0 Å². The van der Waals surface area contributed by atoms with Gasteiger partial charge in [-0.3, -0.25) is 9.79 Å². The summed E-state index contributed by atoms with van der Waals surface area (Å²) < 4.78 is 10.7. The van der Waals surface area contributed by atoms with Crippen LogP contribution in [0.5, 0.6) is 11.5 Å². The lowest BCUT2D eigenvalue weighted by molar-refractivity contribution is -0.135. The van der Waals surface area contributed by atoms with Crippen LogP contribution in [0.3, 0.4) is 0 Å². The Kier molecular flexibility index (Phi) is 4.57. The van der Waals surface area contributed by atoms with E-state index in [0.717, 1.165) is 24.1 Å². The third-order valence-electron chi connectivity index (χ3n) is 3.67. The predicted octanol–water partition coefficient (Wildman–Crippen LogP) is 3.63. The average molecular weight is 320 g/mol. The van der Waals surface area contributed by atoms with E-state index in [1.165, 1.54) is 7.11 Å². The number of rotatable bonds is 5. The molecule has 1 saturated carbocycles. The van der Waals surface area contributed by atoms with Crippen LogP contribution in [0.1, 0.15) is 24.0 Å². The molecule has 1 aliphatic rings. The molecule has 5 nitrogen and oxygen atoms in total.